The van der Waals surface area contributed by atoms with Crippen molar-refractivity contribution in [3.8, 4) is 5.75 Å². The Morgan fingerprint density at radius 3 is 2.29 bits per heavy atom. The zero-order valence-corrected chi connectivity index (χ0v) is 15.5. The Morgan fingerprint density at radius 1 is 1.00 bits per heavy atom. The van der Waals surface area contributed by atoms with Gasteiger partial charge in [0.2, 0.25) is 0 Å². The van der Waals surface area contributed by atoms with Gasteiger partial charge in [0.1, 0.15) is 5.75 Å². The van der Waals surface area contributed by atoms with Gasteiger partial charge in [0.05, 0.1) is 17.8 Å². The Morgan fingerprint density at radius 2 is 1.68 bits per heavy atom. The molecule has 3 aliphatic rings. The topological polar surface area (TPSA) is 132 Å². The number of phenols is 1. The molecule has 2 saturated carbocycles. The Hall–Kier alpha value is -2.57. The lowest BCUT2D eigenvalue weighted by Gasteiger charge is -2.51. The second-order valence-electron chi connectivity index (χ2n) is 8.81. The summed E-state index contributed by atoms with van der Waals surface area (Å²) in [6.07, 6.45) is 2.50. The van der Waals surface area contributed by atoms with Crippen LogP contribution in [-0.2, 0) is 20.8 Å². The molecule has 7 heteroatoms. The van der Waals surface area contributed by atoms with Crippen LogP contribution in [0, 0.1) is 35.0 Å². The maximum absolute atomic E-state index is 12.2. The van der Waals surface area contributed by atoms with Gasteiger partial charge in [0.15, 0.2) is 0 Å². The zero-order chi connectivity index (χ0) is 20.4. The highest BCUT2D eigenvalue weighted by molar-refractivity contribution is 5.88. The molecule has 1 aromatic rings. The van der Waals surface area contributed by atoms with E-state index in [0.717, 1.165) is 11.1 Å². The molecule has 0 aromatic heterocycles. The maximum atomic E-state index is 12.2. The molecule has 4 N–H and O–H groups in total. The minimum Gasteiger partial charge on any atom is -0.508 e. The number of aromatic hydroxyl groups is 1. The molecule has 28 heavy (non-hydrogen) atoms. The molecule has 7 atom stereocenters. The number of carbonyl (C=O) groups is 3. The molecule has 0 bridgehead atoms. The first kappa shape index (κ1) is 18.8. The molecule has 1 aromatic carbocycles. The SMILES string of the molecule is C[C@]12CC[C@@H]3c4ccc(O)cc4CC[C@H]3[C@@H]1C(C(=O)O)C(C(=O)O)C2C(=O)O. The Bertz CT molecular complexity index is 862. The number of hydrogen-bond acceptors (Lipinski definition) is 4. The number of aryl methyl sites for hydroxylation is 1. The molecule has 0 aliphatic heterocycles. The van der Waals surface area contributed by atoms with Crippen LogP contribution in [0.5, 0.6) is 5.75 Å². The quantitative estimate of drug-likeness (QED) is 0.625. The average Bonchev–Trinajstić information content (AvgIpc) is 2.91. The number of carboxylic acid groups (broad SMARTS) is 3. The first-order chi connectivity index (χ1) is 13.2. The number of fused-ring (bicyclic) bond motifs is 5. The number of rotatable bonds is 3. The van der Waals surface area contributed by atoms with Gasteiger partial charge in [-0.2, -0.15) is 0 Å². The predicted molar refractivity (Wildman–Crippen MR) is 96.9 cm³/mol. The van der Waals surface area contributed by atoms with Gasteiger partial charge in [-0.05, 0) is 72.1 Å². The van der Waals surface area contributed by atoms with E-state index in [9.17, 15) is 34.8 Å². The van der Waals surface area contributed by atoms with E-state index in [1.54, 1.807) is 19.1 Å². The second kappa shape index (κ2) is 6.22. The van der Waals surface area contributed by atoms with Crippen molar-refractivity contribution in [2.24, 2.45) is 35.0 Å². The van der Waals surface area contributed by atoms with Crippen LogP contribution in [0.2, 0.25) is 0 Å². The van der Waals surface area contributed by atoms with E-state index in [1.165, 1.54) is 0 Å². The maximum Gasteiger partial charge on any atom is 0.308 e. The van der Waals surface area contributed by atoms with Crippen LogP contribution < -0.4 is 0 Å². The zero-order valence-electron chi connectivity index (χ0n) is 15.5. The smallest absolute Gasteiger partial charge is 0.308 e. The second-order valence-corrected chi connectivity index (χ2v) is 8.81. The molecule has 0 radical (unpaired) electrons. The molecule has 3 aliphatic carbocycles. The standard InChI is InChI=1S/C21H24O7/c1-21-7-6-12-11-5-3-10(22)8-9(11)2-4-13(12)16(21)14(18(23)24)15(19(25)26)17(21)20(27)28/h3,5,8,12-17,22H,2,4,6-7H2,1H3,(H,23,24)(H,25,26)(H,27,28)/t12-,13-,14?,15?,16-,17?,21+/m1/s1. The molecule has 7 nitrogen and oxygen atoms in total. The first-order valence-electron chi connectivity index (χ1n) is 9.67. The van der Waals surface area contributed by atoms with Gasteiger partial charge in [-0.25, -0.2) is 0 Å². The van der Waals surface area contributed by atoms with Gasteiger partial charge in [-0.1, -0.05) is 13.0 Å². The summed E-state index contributed by atoms with van der Waals surface area (Å²) < 4.78 is 0. The van der Waals surface area contributed by atoms with Crippen LogP contribution in [0.3, 0.4) is 0 Å². The van der Waals surface area contributed by atoms with E-state index in [0.29, 0.717) is 25.7 Å². The summed E-state index contributed by atoms with van der Waals surface area (Å²) in [6, 6.07) is 5.24. The van der Waals surface area contributed by atoms with Gasteiger partial charge >= 0.3 is 17.9 Å². The molecule has 150 valence electrons. The highest BCUT2D eigenvalue weighted by Crippen LogP contribution is 2.66. The summed E-state index contributed by atoms with van der Waals surface area (Å²) in [7, 11) is 0. The fourth-order valence-electron chi connectivity index (χ4n) is 6.77. The van der Waals surface area contributed by atoms with Crippen molar-refractivity contribution in [2.75, 3.05) is 0 Å². The van der Waals surface area contributed by atoms with E-state index >= 15 is 0 Å². The third-order valence-corrected chi connectivity index (χ3v) is 7.69. The number of hydrogen-bond donors (Lipinski definition) is 4. The van der Waals surface area contributed by atoms with Crippen LogP contribution in [-0.4, -0.2) is 38.3 Å². The molecular formula is C21H24O7. The normalized spacial score (nSPS) is 38.8. The molecule has 0 saturated heterocycles. The third kappa shape index (κ3) is 2.45. The van der Waals surface area contributed by atoms with Crippen LogP contribution in [0.25, 0.3) is 0 Å². The summed E-state index contributed by atoms with van der Waals surface area (Å²) in [4.78, 5) is 36.2. The summed E-state index contributed by atoms with van der Waals surface area (Å²) in [6.45, 7) is 1.78. The van der Waals surface area contributed by atoms with Gasteiger partial charge in [-0.3, -0.25) is 14.4 Å². The number of aliphatic carboxylic acids is 3. The van der Waals surface area contributed by atoms with E-state index in [1.807, 2.05) is 6.07 Å². The van der Waals surface area contributed by atoms with Gasteiger partial charge in [0.25, 0.3) is 0 Å². The lowest BCUT2D eigenvalue weighted by molar-refractivity contribution is -0.159. The summed E-state index contributed by atoms with van der Waals surface area (Å²) in [5.74, 6) is -7.96. The van der Waals surface area contributed by atoms with E-state index in [-0.39, 0.29) is 17.6 Å². The highest BCUT2D eigenvalue weighted by Gasteiger charge is 2.68. The molecule has 2 fully saturated rings. The van der Waals surface area contributed by atoms with Crippen molar-refractivity contribution >= 4 is 17.9 Å². The van der Waals surface area contributed by atoms with E-state index < -0.39 is 47.0 Å². The first-order valence-corrected chi connectivity index (χ1v) is 9.67. The number of carboxylic acids is 3. The van der Waals surface area contributed by atoms with E-state index in [2.05, 4.69) is 0 Å². The van der Waals surface area contributed by atoms with Crippen molar-refractivity contribution in [3.63, 3.8) is 0 Å². The van der Waals surface area contributed by atoms with Crippen LogP contribution >= 0.6 is 0 Å². The Balaban J connectivity index is 1.83. The number of phenolic OH excluding ortho intramolecular Hbond substituents is 1. The largest absolute Gasteiger partial charge is 0.508 e. The molecule has 0 heterocycles. The molecule has 0 spiro atoms. The summed E-state index contributed by atoms with van der Waals surface area (Å²) in [5.41, 5.74) is 1.25. The molecule has 0 amide bonds. The van der Waals surface area contributed by atoms with Crippen molar-refractivity contribution in [2.45, 2.75) is 38.5 Å². The molecule has 3 unspecified atom stereocenters. The van der Waals surface area contributed by atoms with Crippen LogP contribution in [0.15, 0.2) is 18.2 Å². The molecule has 4 rings (SSSR count). The van der Waals surface area contributed by atoms with E-state index in [4.69, 9.17) is 0 Å². The monoisotopic (exact) mass is 388 g/mol. The lowest BCUT2D eigenvalue weighted by Crippen LogP contribution is -2.46. The Kier molecular flexibility index (Phi) is 4.17. The summed E-state index contributed by atoms with van der Waals surface area (Å²) >= 11 is 0. The third-order valence-electron chi connectivity index (χ3n) is 7.69. The minimum atomic E-state index is -1.43. The minimum absolute atomic E-state index is 0.0614. The van der Waals surface area contributed by atoms with Gasteiger partial charge in [0, 0.05) is 0 Å². The lowest BCUT2D eigenvalue weighted by atomic mass is 9.53. The fraction of sp³-hybridized carbons (Fsp3) is 0.571. The average molecular weight is 388 g/mol. The molecular weight excluding hydrogens is 364 g/mol. The van der Waals surface area contributed by atoms with Crippen LogP contribution in [0.4, 0.5) is 0 Å². The fourth-order valence-corrected chi connectivity index (χ4v) is 6.77. The van der Waals surface area contributed by atoms with Crippen LogP contribution in [0.1, 0.15) is 43.2 Å². The van der Waals surface area contributed by atoms with Gasteiger partial charge in [-0.15, -0.1) is 0 Å². The van der Waals surface area contributed by atoms with Gasteiger partial charge < -0.3 is 20.4 Å². The van der Waals surface area contributed by atoms with Crippen molar-refractivity contribution in [3.05, 3.63) is 29.3 Å². The predicted octanol–water partition coefficient (Wildman–Crippen LogP) is 2.57. The van der Waals surface area contributed by atoms with Crippen molar-refractivity contribution in [1.82, 2.24) is 0 Å². The van der Waals surface area contributed by atoms with Crippen molar-refractivity contribution < 1.29 is 34.8 Å². The number of benzene rings is 1. The summed E-state index contributed by atoms with van der Waals surface area (Å²) in [5, 5.41) is 39.3. The Labute approximate surface area is 162 Å². The highest BCUT2D eigenvalue weighted by atomic mass is 16.4. The van der Waals surface area contributed by atoms with Crippen molar-refractivity contribution in [1.29, 1.82) is 0 Å².